The van der Waals surface area contributed by atoms with Crippen molar-refractivity contribution in [3.8, 4) is 0 Å². The number of rotatable bonds is 17. The van der Waals surface area contributed by atoms with E-state index in [9.17, 15) is 8.42 Å². The maximum absolute atomic E-state index is 14.3. The molecule has 0 saturated carbocycles. The van der Waals surface area contributed by atoms with Crippen molar-refractivity contribution in [3.05, 3.63) is 53.6 Å². The SMILES string of the molecule is CCCCCCC1(CCCCCC)CS(=O)(=O)c2ccc(N(C)C)cc2C(c2cccc(NC(=S)NCCC[N+]34CCC(CC3)CC4)c2)N1. The van der Waals surface area contributed by atoms with E-state index >= 15 is 0 Å². The van der Waals surface area contributed by atoms with E-state index in [1.165, 1.54) is 62.8 Å². The number of hydrogen-bond donors (Lipinski definition) is 3. The highest BCUT2D eigenvalue weighted by atomic mass is 32.2. The molecule has 3 saturated heterocycles. The van der Waals surface area contributed by atoms with Gasteiger partial charge in [-0.1, -0.05) is 77.3 Å². The van der Waals surface area contributed by atoms with Crippen LogP contribution >= 0.6 is 12.2 Å². The van der Waals surface area contributed by atoms with Crippen LogP contribution in [0, 0.1) is 5.92 Å². The number of thiocarbonyl (C=S) groups is 1. The fourth-order valence-electron chi connectivity index (χ4n) is 8.71. The van der Waals surface area contributed by atoms with Gasteiger partial charge in [0.05, 0.1) is 42.9 Å². The van der Waals surface area contributed by atoms with E-state index in [4.69, 9.17) is 12.2 Å². The number of benzene rings is 2. The lowest BCUT2D eigenvalue weighted by Gasteiger charge is -2.49. The summed E-state index contributed by atoms with van der Waals surface area (Å²) >= 11 is 5.78. The summed E-state index contributed by atoms with van der Waals surface area (Å²) in [6.07, 6.45) is 16.0. The Kier molecular flexibility index (Phi) is 13.5. The molecule has 1 unspecified atom stereocenters. The fraction of sp³-hybridized carbons (Fsp3) is 0.675. The van der Waals surface area contributed by atoms with Crippen molar-refractivity contribution < 1.29 is 12.9 Å². The maximum Gasteiger partial charge on any atom is 0.180 e. The molecule has 9 heteroatoms. The minimum atomic E-state index is -3.54. The van der Waals surface area contributed by atoms with Crippen molar-refractivity contribution in [2.24, 2.45) is 5.92 Å². The molecule has 1 atom stereocenters. The molecule has 2 aromatic rings. The van der Waals surface area contributed by atoms with E-state index in [1.54, 1.807) is 0 Å². The molecular weight excluding hydrogens is 647 g/mol. The molecule has 272 valence electrons. The van der Waals surface area contributed by atoms with Crippen LogP contribution in [0.3, 0.4) is 0 Å². The van der Waals surface area contributed by atoms with Gasteiger partial charge in [-0.25, -0.2) is 8.42 Å². The lowest BCUT2D eigenvalue weighted by atomic mass is 9.85. The number of nitrogens with one attached hydrogen (secondary N) is 3. The molecule has 4 heterocycles. The van der Waals surface area contributed by atoms with E-state index in [2.05, 4.69) is 65.0 Å². The first-order valence-electron chi connectivity index (χ1n) is 19.4. The zero-order chi connectivity index (χ0) is 34.9. The molecule has 49 heavy (non-hydrogen) atoms. The van der Waals surface area contributed by atoms with E-state index in [1.807, 2.05) is 26.2 Å². The predicted molar refractivity (Wildman–Crippen MR) is 210 cm³/mol. The van der Waals surface area contributed by atoms with Gasteiger partial charge in [0.1, 0.15) is 0 Å². The van der Waals surface area contributed by atoms with Crippen molar-refractivity contribution in [2.75, 3.05) is 62.8 Å². The van der Waals surface area contributed by atoms with Gasteiger partial charge in [-0.2, -0.15) is 0 Å². The summed E-state index contributed by atoms with van der Waals surface area (Å²) in [6.45, 7) is 10.6. The van der Waals surface area contributed by atoms with Gasteiger partial charge in [0.15, 0.2) is 14.9 Å². The molecular formula is C40H64N5O2S2+. The molecule has 0 aromatic heterocycles. The number of piperidine rings is 3. The molecule has 0 spiro atoms. The van der Waals surface area contributed by atoms with Gasteiger partial charge in [0, 0.05) is 44.0 Å². The summed E-state index contributed by atoms with van der Waals surface area (Å²) in [5.41, 5.74) is 3.31. The molecule has 6 rings (SSSR count). The Labute approximate surface area is 303 Å². The molecule has 7 nitrogen and oxygen atoms in total. The lowest BCUT2D eigenvalue weighted by Crippen LogP contribution is -2.58. The molecule has 4 aliphatic heterocycles. The monoisotopic (exact) mass is 710 g/mol. The Morgan fingerprint density at radius 1 is 0.918 bits per heavy atom. The summed E-state index contributed by atoms with van der Waals surface area (Å²) < 4.78 is 30.0. The normalized spacial score (nSPS) is 23.8. The van der Waals surface area contributed by atoms with Crippen LogP contribution < -0.4 is 20.9 Å². The molecule has 0 radical (unpaired) electrons. The van der Waals surface area contributed by atoms with Crippen molar-refractivity contribution in [1.29, 1.82) is 0 Å². The third kappa shape index (κ3) is 9.99. The zero-order valence-electron chi connectivity index (χ0n) is 30.9. The first-order valence-corrected chi connectivity index (χ1v) is 21.5. The minimum absolute atomic E-state index is 0.135. The summed E-state index contributed by atoms with van der Waals surface area (Å²) in [5.74, 6) is 1.12. The van der Waals surface area contributed by atoms with E-state index in [-0.39, 0.29) is 11.8 Å². The number of sulfone groups is 1. The largest absolute Gasteiger partial charge is 0.378 e. The van der Waals surface area contributed by atoms with Crippen LogP contribution in [-0.4, -0.2) is 76.1 Å². The molecule has 4 aliphatic rings. The minimum Gasteiger partial charge on any atom is -0.378 e. The number of anilines is 2. The number of nitrogens with zero attached hydrogens (tertiary/aromatic N) is 2. The molecule has 3 fully saturated rings. The van der Waals surface area contributed by atoms with Crippen LogP contribution in [0.2, 0.25) is 0 Å². The van der Waals surface area contributed by atoms with Gasteiger partial charge in [-0.15, -0.1) is 0 Å². The number of unbranched alkanes of at least 4 members (excludes halogenated alkanes) is 6. The number of quaternary nitrogens is 1. The Morgan fingerprint density at radius 2 is 1.59 bits per heavy atom. The highest BCUT2D eigenvalue weighted by Crippen LogP contribution is 2.41. The van der Waals surface area contributed by atoms with E-state index in [0.29, 0.717) is 10.0 Å². The van der Waals surface area contributed by atoms with E-state index in [0.717, 1.165) is 92.8 Å². The van der Waals surface area contributed by atoms with Crippen LogP contribution in [-0.2, 0) is 9.84 Å². The van der Waals surface area contributed by atoms with Crippen LogP contribution in [0.15, 0.2) is 47.4 Å². The molecule has 0 aliphatic carbocycles. The summed E-state index contributed by atoms with van der Waals surface area (Å²) in [6, 6.07) is 14.0. The van der Waals surface area contributed by atoms with Crippen LogP contribution in [0.5, 0.6) is 0 Å². The third-order valence-electron chi connectivity index (χ3n) is 11.7. The topological polar surface area (TPSA) is 73.5 Å². The smallest absolute Gasteiger partial charge is 0.180 e. The lowest BCUT2D eigenvalue weighted by molar-refractivity contribution is -0.942. The Balaban J connectivity index is 1.37. The Hall–Kier alpha value is -2.20. The number of hydrogen-bond acceptors (Lipinski definition) is 5. The van der Waals surface area contributed by atoms with Crippen LogP contribution in [0.4, 0.5) is 11.4 Å². The van der Waals surface area contributed by atoms with Crippen molar-refractivity contribution in [1.82, 2.24) is 10.6 Å². The highest BCUT2D eigenvalue weighted by Gasteiger charge is 2.43. The Morgan fingerprint density at radius 3 is 2.22 bits per heavy atom. The molecule has 2 bridgehead atoms. The third-order valence-corrected chi connectivity index (χ3v) is 13.9. The fourth-order valence-corrected chi connectivity index (χ4v) is 11.0. The van der Waals surface area contributed by atoms with Crippen LogP contribution in [0.1, 0.15) is 121 Å². The van der Waals surface area contributed by atoms with Gasteiger partial charge < -0.3 is 20.0 Å². The summed E-state index contributed by atoms with van der Waals surface area (Å²) in [5, 5.41) is 11.6. The van der Waals surface area contributed by atoms with Gasteiger partial charge in [0.2, 0.25) is 0 Å². The molecule has 0 amide bonds. The van der Waals surface area contributed by atoms with E-state index < -0.39 is 15.4 Å². The van der Waals surface area contributed by atoms with Crippen molar-refractivity contribution in [2.45, 2.75) is 120 Å². The molecule has 2 aromatic carbocycles. The first kappa shape index (κ1) is 38.0. The van der Waals surface area contributed by atoms with Crippen molar-refractivity contribution >= 4 is 38.5 Å². The Bertz CT molecular complexity index is 1460. The van der Waals surface area contributed by atoms with Crippen molar-refractivity contribution in [3.63, 3.8) is 0 Å². The first-order chi connectivity index (χ1) is 23.6. The second-order valence-corrected chi connectivity index (χ2v) is 18.0. The summed E-state index contributed by atoms with van der Waals surface area (Å²) in [7, 11) is 0.486. The zero-order valence-corrected chi connectivity index (χ0v) is 32.5. The quantitative estimate of drug-likeness (QED) is 0.0869. The second kappa shape index (κ2) is 17.3. The van der Waals surface area contributed by atoms with Gasteiger partial charge >= 0.3 is 0 Å². The summed E-state index contributed by atoms with van der Waals surface area (Å²) in [4.78, 5) is 2.51. The van der Waals surface area contributed by atoms with Gasteiger partial charge in [-0.3, -0.25) is 5.32 Å². The van der Waals surface area contributed by atoms with Gasteiger partial charge in [-0.05, 0) is 91.7 Å². The standard InChI is InChI=1S/C40H63N5O2S2/c1-5-7-9-11-22-40(23-12-10-8-6-2)31-49(46,47)37-18-17-35(44(3)4)30-36(37)38(43-40)33-15-13-16-34(29-33)42-39(48)41-24-14-25-45-26-19-32(20-27-45)21-28-45/h13,15-18,29-30,32,38,43H,5-12,14,19-28,31H2,1-4H3,(H-,41,42,48)/p+1. The van der Waals surface area contributed by atoms with Crippen LogP contribution in [0.25, 0.3) is 0 Å². The highest BCUT2D eigenvalue weighted by molar-refractivity contribution is 7.91. The van der Waals surface area contributed by atoms with Gasteiger partial charge in [0.25, 0.3) is 0 Å². The predicted octanol–water partition coefficient (Wildman–Crippen LogP) is 8.21. The maximum atomic E-state index is 14.3. The molecule has 3 N–H and O–H groups in total. The average Bonchev–Trinajstić information content (AvgIpc) is 3.19. The average molecular weight is 711 g/mol. The second-order valence-electron chi connectivity index (χ2n) is 15.7. The number of fused-ring (bicyclic) bond motifs is 4.